The molecule has 0 radical (unpaired) electrons. The van der Waals surface area contributed by atoms with Crippen LogP contribution in [0.1, 0.15) is 125 Å². The van der Waals surface area contributed by atoms with E-state index in [1.807, 2.05) is 0 Å². The molecule has 3 amide bonds. The number of carbonyl (C=O) groups excluding carboxylic acids is 11. The predicted octanol–water partition coefficient (Wildman–Crippen LogP) is 9.51. The molecule has 0 aromatic carbocycles. The minimum Gasteiger partial charge on any atom is -0.480 e. The van der Waals surface area contributed by atoms with E-state index in [1.165, 1.54) is 13.8 Å². The second kappa shape index (κ2) is 39.9. The number of nitrogens with one attached hydrogen (secondary N) is 3. The Morgan fingerprint density at radius 2 is 0.684 bits per heavy atom. The van der Waals surface area contributed by atoms with Gasteiger partial charge in [0, 0.05) is 0 Å². The predicted molar refractivity (Wildman–Crippen MR) is 334 cm³/mol. The van der Waals surface area contributed by atoms with Gasteiger partial charge in [0.1, 0.15) is 35.4 Å². The third-order valence-corrected chi connectivity index (χ3v) is 14.6. The molecule has 0 aromatic rings. The highest BCUT2D eigenvalue weighted by atomic mass is 32.2. The van der Waals surface area contributed by atoms with Crippen LogP contribution in [-0.2, 0) is 109 Å². The summed E-state index contributed by atoms with van der Waals surface area (Å²) in [5, 5.41) is 14.0. The van der Waals surface area contributed by atoms with Crippen LogP contribution in [0.4, 0.5) is 28.8 Å². The summed E-state index contributed by atoms with van der Waals surface area (Å²) in [6, 6.07) is -4.09. The van der Waals surface area contributed by atoms with Crippen molar-refractivity contribution < 1.29 is 143 Å². The Morgan fingerprint density at radius 3 is 0.926 bits per heavy atom. The first-order valence-corrected chi connectivity index (χ1v) is 31.1. The molecule has 0 bridgehead atoms. The van der Waals surface area contributed by atoms with E-state index >= 15 is 0 Å². The average Bonchev–Trinajstić information content (AvgIpc) is 1.77. The number of carboxylic acid groups (broad SMARTS) is 1. The fraction of sp³-hybridized carbons (Fsp3) is 0.593. The molecule has 0 saturated carbocycles. The third kappa shape index (κ3) is 31.9. The van der Waals surface area contributed by atoms with Crippen LogP contribution in [0.5, 0.6) is 0 Å². The molecule has 0 fully saturated rings. The summed E-state index contributed by atoms with van der Waals surface area (Å²) < 4.78 is 81.2. The van der Waals surface area contributed by atoms with Gasteiger partial charge >= 0.3 is 70.0 Å². The van der Waals surface area contributed by atoms with Crippen LogP contribution in [0.15, 0.2) is 72.1 Å². The molecule has 0 spiro atoms. The summed E-state index contributed by atoms with van der Waals surface area (Å²) in [4.78, 5) is 144. The first kappa shape index (κ1) is 84.3. The van der Waals surface area contributed by atoms with Gasteiger partial charge in [-0.25, -0.2) is 43.2 Å². The highest BCUT2D eigenvalue weighted by Crippen LogP contribution is 2.35. The van der Waals surface area contributed by atoms with Crippen molar-refractivity contribution in [1.29, 1.82) is 0 Å². The van der Waals surface area contributed by atoms with E-state index in [-0.39, 0.29) is 50.0 Å². The summed E-state index contributed by atoms with van der Waals surface area (Å²) in [5.41, 5.74) is 0. The van der Waals surface area contributed by atoms with Gasteiger partial charge in [0.05, 0.1) is 44.7 Å². The number of rotatable bonds is 29. The fourth-order valence-electron chi connectivity index (χ4n) is 6.54. The number of carboxylic acids is 1. The van der Waals surface area contributed by atoms with E-state index in [2.05, 4.69) is 45.2 Å². The van der Waals surface area contributed by atoms with Gasteiger partial charge in [-0.2, -0.15) is 0 Å². The zero-order valence-corrected chi connectivity index (χ0v) is 58.6. The molecule has 3 atom stereocenters. The Bertz CT molecular complexity index is 2930. The van der Waals surface area contributed by atoms with Crippen molar-refractivity contribution in [2.45, 2.75) is 163 Å². The van der Waals surface area contributed by atoms with Gasteiger partial charge in [0.25, 0.3) is 17.8 Å². The second-order valence-electron chi connectivity index (χ2n) is 22.2. The molecule has 33 nitrogen and oxygen atoms in total. The Labute approximate surface area is 561 Å². The Hall–Kier alpha value is -8.67. The number of hydrogen-bond donors (Lipinski definition) is 4. The molecular weight excluding hydrogens is 1330 g/mol. The summed E-state index contributed by atoms with van der Waals surface area (Å²) in [7, 11) is 0. The van der Waals surface area contributed by atoms with Gasteiger partial charge in [-0.15, -0.1) is 0 Å². The number of thioether (sulfide) groups is 3. The molecule has 0 aromatic heterocycles. The van der Waals surface area contributed by atoms with Crippen LogP contribution in [0.25, 0.3) is 0 Å². The van der Waals surface area contributed by atoms with Crippen LogP contribution in [-0.4, -0.2) is 160 Å². The van der Waals surface area contributed by atoms with E-state index in [1.54, 1.807) is 111 Å². The van der Waals surface area contributed by atoms with Crippen LogP contribution >= 0.6 is 35.3 Å². The zero-order valence-electron chi connectivity index (χ0n) is 56.1. The Morgan fingerprint density at radius 1 is 0.411 bits per heavy atom. The fourth-order valence-corrected chi connectivity index (χ4v) is 9.01. The number of amides is 3. The minimum atomic E-state index is -1.52. The zero-order chi connectivity index (χ0) is 72.9. The number of aliphatic carboxylic acids is 1. The SMILES string of the molecule is C=C1OC(C)=C(COC(=O)SC(C)(C)[C@@H](NC(=O)OCOC(=O)C(C)C)C(=O)O)O1.C=C1OC(C)=C(COC(=O)SC(C)(C)[C@@H](NC(=O)OCOC(=O)C(C)C)C(=O)OC(C)C)O1.C=C1OC(C)=C(COC(=O)SC(C)(C)[C@@H](NC(=O)OCOC(=O)C(C)C)C(=O)OCC)O1. The molecular formula is C59H85N3O30S3. The lowest BCUT2D eigenvalue weighted by Gasteiger charge is -2.31. The lowest BCUT2D eigenvalue weighted by molar-refractivity contribution is -0.157. The van der Waals surface area contributed by atoms with E-state index < -0.39 is 147 Å². The third-order valence-electron chi connectivity index (χ3n) is 11.5. The highest BCUT2D eigenvalue weighted by Gasteiger charge is 2.44. The van der Waals surface area contributed by atoms with Gasteiger partial charge in [0.15, 0.2) is 37.1 Å². The Balaban J connectivity index is 0.000000713. The normalized spacial score (nSPS) is 14.4. The van der Waals surface area contributed by atoms with E-state index in [0.717, 1.165) is 0 Å². The van der Waals surface area contributed by atoms with E-state index in [0.29, 0.717) is 64.1 Å². The molecule has 3 rings (SSSR count). The molecule has 3 aliphatic rings. The van der Waals surface area contributed by atoms with Gasteiger partial charge in [0.2, 0.25) is 20.4 Å². The standard InChI is InChI=1S/C21H31NO10S.C20H29NO10S.C18H25NO10S/c1-11(2)17(23)28-10-29-19(25)22-16(18(24)30-12(3)4)21(7,8)33-20(26)27-9-15-13(5)31-14(6)32-15;1-8-26-17(23)15(21-18(24)29-10-28-16(22)11(2)3)20(6,7)32-19(25)27-9-14-12(4)30-13(5)31-14;1-9(2)15(22)26-8-27-16(23)19-13(14(20)21)18(5,6)30-17(24)25-7-12-10(3)28-11(4)29-12/h11-12,16H,6,9-10H2,1-5,7-8H3,(H,22,25);11,15H,5,8-10H2,1-4,6-7H3,(H,21,24);9,13H,4,7-8H2,1-3,5-6H3,(H,19,23)(H,20,21)/t16-;15-;13-/m000/s1. The first-order valence-electron chi connectivity index (χ1n) is 28.6. The monoisotopic (exact) mass is 1410 g/mol. The van der Waals surface area contributed by atoms with Crippen molar-refractivity contribution in [3.8, 4) is 0 Å². The van der Waals surface area contributed by atoms with Crippen LogP contribution in [0.2, 0.25) is 0 Å². The maximum absolute atomic E-state index is 12.6. The Kier molecular flexibility index (Phi) is 35.4. The number of esters is 5. The number of hydrogen-bond acceptors (Lipinski definition) is 32. The molecule has 0 saturated heterocycles. The van der Waals surface area contributed by atoms with Gasteiger partial charge < -0.3 is 102 Å². The van der Waals surface area contributed by atoms with Crippen LogP contribution < -0.4 is 16.0 Å². The molecule has 4 N–H and O–H groups in total. The summed E-state index contributed by atoms with van der Waals surface area (Å²) in [5.74, 6) is -3.59. The molecule has 3 aliphatic heterocycles. The molecule has 36 heteroatoms. The van der Waals surface area contributed by atoms with Crippen molar-refractivity contribution >= 4 is 105 Å². The van der Waals surface area contributed by atoms with E-state index in [9.17, 15) is 62.6 Å². The topological polar surface area (TPSA) is 418 Å². The number of allylic oxidation sites excluding steroid dienone is 3. The van der Waals surface area contributed by atoms with Crippen molar-refractivity contribution in [2.24, 2.45) is 17.8 Å². The van der Waals surface area contributed by atoms with Crippen molar-refractivity contribution in [2.75, 3.05) is 46.8 Å². The molecule has 3 heterocycles. The van der Waals surface area contributed by atoms with Crippen LogP contribution in [0, 0.1) is 17.8 Å². The quantitative estimate of drug-likeness (QED) is 0.0307. The molecule has 95 heavy (non-hydrogen) atoms. The lowest BCUT2D eigenvalue weighted by atomic mass is 10.0. The highest BCUT2D eigenvalue weighted by molar-refractivity contribution is 8.15. The van der Waals surface area contributed by atoms with E-state index in [4.69, 9.17) is 71.1 Å². The van der Waals surface area contributed by atoms with Crippen molar-refractivity contribution in [3.63, 3.8) is 0 Å². The summed E-state index contributed by atoms with van der Waals surface area (Å²) >= 11 is 1.89. The molecule has 0 aliphatic carbocycles. The average molecular weight is 1410 g/mol. The molecule has 534 valence electrons. The van der Waals surface area contributed by atoms with Crippen molar-refractivity contribution in [3.05, 3.63) is 72.1 Å². The largest absolute Gasteiger partial charge is 0.480 e. The van der Waals surface area contributed by atoms with Crippen LogP contribution in [0.3, 0.4) is 0 Å². The van der Waals surface area contributed by atoms with Gasteiger partial charge in [-0.1, -0.05) is 41.5 Å². The molecule has 0 unspecified atom stereocenters. The maximum Gasteiger partial charge on any atom is 0.410 e. The van der Waals surface area contributed by atoms with Gasteiger partial charge in [-0.3, -0.25) is 14.4 Å². The van der Waals surface area contributed by atoms with Gasteiger partial charge in [-0.05, 0) is 138 Å². The lowest BCUT2D eigenvalue weighted by Crippen LogP contribution is -2.54. The van der Waals surface area contributed by atoms with Crippen molar-refractivity contribution in [1.82, 2.24) is 16.0 Å². The maximum atomic E-state index is 12.6. The number of alkyl carbamates (subject to hydrolysis) is 3. The number of ether oxygens (including phenoxy) is 17. The minimum absolute atomic E-state index is 0.0535. The summed E-state index contributed by atoms with van der Waals surface area (Å²) in [6.45, 7) is 36.4. The smallest absolute Gasteiger partial charge is 0.410 e. The second-order valence-corrected chi connectivity index (χ2v) is 27.0. The first-order chi connectivity index (χ1) is 43.9. The summed E-state index contributed by atoms with van der Waals surface area (Å²) in [6.07, 6.45) is -3.66. The number of carbonyl (C=O) groups is 12.